The van der Waals surface area contributed by atoms with Crippen molar-refractivity contribution in [3.63, 3.8) is 0 Å². The Labute approximate surface area is 189 Å². The second-order valence-electron chi connectivity index (χ2n) is 7.49. The predicted octanol–water partition coefficient (Wildman–Crippen LogP) is 4.55. The van der Waals surface area contributed by atoms with E-state index in [9.17, 15) is 14.0 Å². The molecule has 1 heterocycles. The van der Waals surface area contributed by atoms with Gasteiger partial charge in [-0.3, -0.25) is 14.2 Å². The van der Waals surface area contributed by atoms with Gasteiger partial charge in [-0.1, -0.05) is 54.2 Å². The fourth-order valence-electron chi connectivity index (χ4n) is 3.36. The molecule has 0 aliphatic heterocycles. The maximum atomic E-state index is 13.7. The summed E-state index contributed by atoms with van der Waals surface area (Å²) in [6.07, 6.45) is 0. The number of nitrogens with zero attached hydrogens (tertiary/aromatic N) is 2. The molecule has 0 unspecified atom stereocenters. The lowest BCUT2D eigenvalue weighted by atomic mass is 10.1. The van der Waals surface area contributed by atoms with E-state index in [2.05, 4.69) is 10.3 Å². The molecule has 7 heteroatoms. The van der Waals surface area contributed by atoms with Crippen LogP contribution in [-0.2, 0) is 11.3 Å². The lowest BCUT2D eigenvalue weighted by molar-refractivity contribution is -0.118. The molecule has 0 spiro atoms. The minimum absolute atomic E-state index is 0.0744. The van der Waals surface area contributed by atoms with Gasteiger partial charge in [0.2, 0.25) is 5.91 Å². The number of hydrogen-bond donors (Lipinski definition) is 1. The molecule has 0 radical (unpaired) electrons. The number of aromatic nitrogens is 2. The molecule has 0 atom stereocenters. The number of nitrogens with one attached hydrogen (secondary N) is 1. The molecule has 32 heavy (non-hydrogen) atoms. The van der Waals surface area contributed by atoms with Crippen molar-refractivity contribution in [2.75, 3.05) is 5.75 Å². The fraction of sp³-hybridized carbons (Fsp3) is 0.160. The molecule has 0 bridgehead atoms. The van der Waals surface area contributed by atoms with E-state index < -0.39 is 0 Å². The smallest absolute Gasteiger partial charge is 0.266 e. The Hall–Kier alpha value is -3.45. The molecule has 3 aromatic carbocycles. The Morgan fingerprint density at radius 3 is 2.56 bits per heavy atom. The van der Waals surface area contributed by atoms with Crippen LogP contribution in [0, 0.1) is 19.7 Å². The SMILES string of the molecule is Cc1ccc(CNC(=O)CSc2nc3ccccc3c(=O)n2-c2ccccc2C)cc1F. The molecule has 1 amide bonds. The summed E-state index contributed by atoms with van der Waals surface area (Å²) in [7, 11) is 0. The number of rotatable bonds is 6. The van der Waals surface area contributed by atoms with Crippen LogP contribution in [0.5, 0.6) is 0 Å². The summed E-state index contributed by atoms with van der Waals surface area (Å²) < 4.78 is 15.3. The lowest BCUT2D eigenvalue weighted by Crippen LogP contribution is -2.26. The van der Waals surface area contributed by atoms with E-state index in [0.717, 1.165) is 11.3 Å². The Bertz CT molecular complexity index is 1370. The van der Waals surface area contributed by atoms with Gasteiger partial charge in [0.25, 0.3) is 5.56 Å². The van der Waals surface area contributed by atoms with Crippen LogP contribution in [0.4, 0.5) is 4.39 Å². The standard InChI is InChI=1S/C25H22FN3O2S/c1-16-11-12-18(13-20(16)26)14-27-23(30)15-32-25-28-21-9-5-4-8-19(21)24(31)29(25)22-10-6-3-7-17(22)2/h3-13H,14-15H2,1-2H3,(H,27,30). The van der Waals surface area contributed by atoms with E-state index in [-0.39, 0.29) is 29.6 Å². The van der Waals surface area contributed by atoms with Crippen molar-refractivity contribution in [3.05, 3.63) is 99.6 Å². The summed E-state index contributed by atoms with van der Waals surface area (Å²) in [6, 6.07) is 19.6. The summed E-state index contributed by atoms with van der Waals surface area (Å²) in [6.45, 7) is 3.85. The average molecular weight is 448 g/mol. The Morgan fingerprint density at radius 1 is 1.03 bits per heavy atom. The molecule has 1 N–H and O–H groups in total. The number of thioether (sulfide) groups is 1. The zero-order valence-electron chi connectivity index (χ0n) is 17.8. The van der Waals surface area contributed by atoms with Gasteiger partial charge >= 0.3 is 0 Å². The first-order valence-corrected chi connectivity index (χ1v) is 11.1. The first kappa shape index (κ1) is 21.8. The van der Waals surface area contributed by atoms with Gasteiger partial charge in [-0.05, 0) is 54.8 Å². The second kappa shape index (κ2) is 9.36. The zero-order chi connectivity index (χ0) is 22.7. The van der Waals surface area contributed by atoms with Crippen molar-refractivity contribution in [1.82, 2.24) is 14.9 Å². The highest BCUT2D eigenvalue weighted by Crippen LogP contribution is 2.23. The minimum atomic E-state index is -0.297. The number of fused-ring (bicyclic) bond motifs is 1. The second-order valence-corrected chi connectivity index (χ2v) is 8.43. The highest BCUT2D eigenvalue weighted by atomic mass is 32.2. The van der Waals surface area contributed by atoms with E-state index >= 15 is 0 Å². The van der Waals surface area contributed by atoms with Gasteiger partial charge in [0.1, 0.15) is 5.82 Å². The summed E-state index contributed by atoms with van der Waals surface area (Å²) in [4.78, 5) is 30.4. The van der Waals surface area contributed by atoms with E-state index in [1.807, 2.05) is 43.3 Å². The topological polar surface area (TPSA) is 64.0 Å². The van der Waals surface area contributed by atoms with Crippen LogP contribution in [0.1, 0.15) is 16.7 Å². The van der Waals surface area contributed by atoms with Gasteiger partial charge in [0, 0.05) is 6.54 Å². The highest BCUT2D eigenvalue weighted by Gasteiger charge is 2.16. The van der Waals surface area contributed by atoms with E-state index in [1.165, 1.54) is 17.8 Å². The Morgan fingerprint density at radius 2 is 1.78 bits per heavy atom. The molecular formula is C25H22FN3O2S. The number of halogens is 1. The number of hydrogen-bond acceptors (Lipinski definition) is 4. The van der Waals surface area contributed by atoms with Gasteiger partial charge in [-0.25, -0.2) is 9.37 Å². The van der Waals surface area contributed by atoms with Gasteiger partial charge in [-0.2, -0.15) is 0 Å². The molecule has 0 fully saturated rings. The largest absolute Gasteiger partial charge is 0.351 e. The van der Waals surface area contributed by atoms with E-state index in [0.29, 0.717) is 27.2 Å². The van der Waals surface area contributed by atoms with Gasteiger partial charge in [0.05, 0.1) is 22.3 Å². The third-order valence-electron chi connectivity index (χ3n) is 5.16. The molecule has 0 saturated carbocycles. The van der Waals surface area contributed by atoms with Crippen LogP contribution in [0.3, 0.4) is 0 Å². The number of amides is 1. The maximum Gasteiger partial charge on any atom is 0.266 e. The third kappa shape index (κ3) is 4.57. The van der Waals surface area contributed by atoms with Gasteiger partial charge < -0.3 is 5.32 Å². The Balaban J connectivity index is 1.58. The number of carbonyl (C=O) groups is 1. The number of aryl methyl sites for hydroxylation is 2. The molecule has 4 aromatic rings. The molecular weight excluding hydrogens is 425 g/mol. The van der Waals surface area contributed by atoms with Crippen molar-refractivity contribution in [2.24, 2.45) is 0 Å². The first-order valence-electron chi connectivity index (χ1n) is 10.2. The van der Waals surface area contributed by atoms with Crippen molar-refractivity contribution in [1.29, 1.82) is 0 Å². The van der Waals surface area contributed by atoms with Crippen LogP contribution in [-0.4, -0.2) is 21.2 Å². The zero-order valence-corrected chi connectivity index (χ0v) is 18.6. The molecule has 5 nitrogen and oxygen atoms in total. The average Bonchev–Trinajstić information content (AvgIpc) is 2.79. The van der Waals surface area contributed by atoms with Gasteiger partial charge in [-0.15, -0.1) is 0 Å². The third-order valence-corrected chi connectivity index (χ3v) is 6.10. The summed E-state index contributed by atoms with van der Waals surface area (Å²) >= 11 is 1.19. The number of para-hydroxylation sites is 2. The monoisotopic (exact) mass is 447 g/mol. The number of carbonyl (C=O) groups excluding carboxylic acids is 1. The van der Waals surface area contributed by atoms with Crippen LogP contribution >= 0.6 is 11.8 Å². The van der Waals surface area contributed by atoms with Gasteiger partial charge in [0.15, 0.2) is 5.16 Å². The summed E-state index contributed by atoms with van der Waals surface area (Å²) in [5.74, 6) is -0.450. The Kier molecular flexibility index (Phi) is 6.37. The van der Waals surface area contributed by atoms with Crippen molar-refractivity contribution < 1.29 is 9.18 Å². The molecule has 162 valence electrons. The summed E-state index contributed by atoms with van der Waals surface area (Å²) in [5.41, 5.74) is 3.32. The minimum Gasteiger partial charge on any atom is -0.351 e. The quantitative estimate of drug-likeness (QED) is 0.348. The predicted molar refractivity (Wildman–Crippen MR) is 126 cm³/mol. The van der Waals surface area contributed by atoms with Crippen LogP contribution < -0.4 is 10.9 Å². The van der Waals surface area contributed by atoms with Crippen molar-refractivity contribution in [2.45, 2.75) is 25.5 Å². The highest BCUT2D eigenvalue weighted by molar-refractivity contribution is 7.99. The van der Waals surface area contributed by atoms with Crippen molar-refractivity contribution in [3.8, 4) is 5.69 Å². The first-order chi connectivity index (χ1) is 15.4. The maximum absolute atomic E-state index is 13.7. The van der Waals surface area contributed by atoms with E-state index in [4.69, 9.17) is 0 Å². The normalized spacial score (nSPS) is 11.0. The molecule has 0 aliphatic carbocycles. The van der Waals surface area contributed by atoms with E-state index in [1.54, 1.807) is 35.8 Å². The van der Waals surface area contributed by atoms with Crippen LogP contribution in [0.15, 0.2) is 76.7 Å². The van der Waals surface area contributed by atoms with Crippen molar-refractivity contribution >= 4 is 28.6 Å². The number of benzene rings is 3. The lowest BCUT2D eigenvalue weighted by Gasteiger charge is -2.15. The molecule has 4 rings (SSSR count). The fourth-order valence-corrected chi connectivity index (χ4v) is 4.20. The van der Waals surface area contributed by atoms with Crippen LogP contribution in [0.25, 0.3) is 16.6 Å². The summed E-state index contributed by atoms with van der Waals surface area (Å²) in [5, 5.41) is 3.76. The van der Waals surface area contributed by atoms with Crippen LogP contribution in [0.2, 0.25) is 0 Å². The molecule has 0 aliphatic rings. The molecule has 0 saturated heterocycles. The molecule has 1 aromatic heterocycles.